The van der Waals surface area contributed by atoms with Gasteiger partial charge < -0.3 is 10.1 Å². The minimum Gasteiger partial charge on any atom is -0.384 e. The molecule has 0 unspecified atom stereocenters. The van der Waals surface area contributed by atoms with Crippen LogP contribution in [0.1, 0.15) is 18.9 Å². The minimum absolute atomic E-state index is 0.707. The molecule has 0 aliphatic rings. The fourth-order valence-electron chi connectivity index (χ4n) is 1.32. The summed E-state index contributed by atoms with van der Waals surface area (Å²) >= 11 is 12.1. The van der Waals surface area contributed by atoms with Gasteiger partial charge in [0.1, 0.15) is 0 Å². The van der Waals surface area contributed by atoms with E-state index in [9.17, 15) is 0 Å². The van der Waals surface area contributed by atoms with Gasteiger partial charge in [-0.05, 0) is 38.0 Å². The molecular formula is C12H17Cl2NO. The molecule has 0 atom stereocenters. The number of nitrogens with one attached hydrogen (secondary N) is 1. The van der Waals surface area contributed by atoms with Gasteiger partial charge in [-0.2, -0.15) is 0 Å². The van der Waals surface area contributed by atoms with Crippen LogP contribution in [0.4, 0.5) is 5.69 Å². The molecule has 1 N–H and O–H groups in total. The maximum absolute atomic E-state index is 6.09. The Morgan fingerprint density at radius 3 is 2.69 bits per heavy atom. The van der Waals surface area contributed by atoms with Gasteiger partial charge >= 0.3 is 0 Å². The van der Waals surface area contributed by atoms with E-state index < -0.39 is 0 Å². The van der Waals surface area contributed by atoms with Gasteiger partial charge in [0.05, 0.1) is 10.7 Å². The summed E-state index contributed by atoms with van der Waals surface area (Å²) in [4.78, 5) is 0. The fraction of sp³-hybridized carbons (Fsp3) is 0.500. The minimum atomic E-state index is 0.707. The molecule has 1 aromatic rings. The van der Waals surface area contributed by atoms with Crippen molar-refractivity contribution in [2.75, 3.05) is 25.1 Å². The van der Waals surface area contributed by atoms with Gasteiger partial charge in [0.15, 0.2) is 0 Å². The van der Waals surface area contributed by atoms with E-state index in [2.05, 4.69) is 5.32 Å². The van der Waals surface area contributed by atoms with Crippen LogP contribution in [0.5, 0.6) is 0 Å². The zero-order valence-corrected chi connectivity index (χ0v) is 11.2. The highest BCUT2D eigenvalue weighted by molar-refractivity contribution is 6.35. The van der Waals surface area contributed by atoms with Crippen molar-refractivity contribution in [3.05, 3.63) is 27.7 Å². The number of rotatable bonds is 6. The largest absolute Gasteiger partial charge is 0.384 e. The molecule has 16 heavy (non-hydrogen) atoms. The highest BCUT2D eigenvalue weighted by atomic mass is 35.5. The third kappa shape index (κ3) is 4.20. The molecule has 4 heteroatoms. The van der Waals surface area contributed by atoms with Crippen LogP contribution in [-0.4, -0.2) is 19.8 Å². The maximum atomic E-state index is 6.09. The molecule has 2 nitrogen and oxygen atoms in total. The van der Waals surface area contributed by atoms with Crippen LogP contribution < -0.4 is 5.32 Å². The van der Waals surface area contributed by atoms with Gasteiger partial charge in [0.2, 0.25) is 0 Å². The lowest BCUT2D eigenvalue weighted by atomic mass is 10.2. The molecule has 0 fully saturated rings. The standard InChI is InChI=1S/C12H17Cl2NO/c1-3-16-6-4-5-15-12-8-10(13)9(2)7-11(12)14/h7-8,15H,3-6H2,1-2H3. The zero-order valence-electron chi connectivity index (χ0n) is 9.65. The Bertz CT molecular complexity index is 342. The molecule has 0 bridgehead atoms. The second-order valence-electron chi connectivity index (χ2n) is 3.56. The summed E-state index contributed by atoms with van der Waals surface area (Å²) < 4.78 is 5.25. The Labute approximate surface area is 107 Å². The molecule has 0 saturated heterocycles. The monoisotopic (exact) mass is 261 g/mol. The van der Waals surface area contributed by atoms with Crippen molar-refractivity contribution < 1.29 is 4.74 Å². The Morgan fingerprint density at radius 1 is 1.25 bits per heavy atom. The molecule has 1 rings (SSSR count). The smallest absolute Gasteiger partial charge is 0.0641 e. The molecule has 0 aliphatic carbocycles. The first-order valence-corrected chi connectivity index (χ1v) is 6.18. The van der Waals surface area contributed by atoms with Gasteiger partial charge in [-0.3, -0.25) is 0 Å². The van der Waals surface area contributed by atoms with Crippen molar-refractivity contribution in [2.45, 2.75) is 20.3 Å². The van der Waals surface area contributed by atoms with E-state index in [-0.39, 0.29) is 0 Å². The molecule has 0 radical (unpaired) electrons. The van der Waals surface area contributed by atoms with Crippen LogP contribution in [0, 0.1) is 6.92 Å². The van der Waals surface area contributed by atoms with Crippen molar-refractivity contribution in [1.82, 2.24) is 0 Å². The van der Waals surface area contributed by atoms with E-state index in [1.807, 2.05) is 26.0 Å². The summed E-state index contributed by atoms with van der Waals surface area (Å²) in [6.07, 6.45) is 0.954. The Kier molecular flexibility index (Phi) is 5.96. The molecule has 0 saturated carbocycles. The number of ether oxygens (including phenoxy) is 1. The molecule has 1 aromatic carbocycles. The van der Waals surface area contributed by atoms with E-state index in [0.717, 1.165) is 42.5 Å². The van der Waals surface area contributed by atoms with Crippen molar-refractivity contribution in [3.8, 4) is 0 Å². The quantitative estimate of drug-likeness (QED) is 0.778. The van der Waals surface area contributed by atoms with Gasteiger partial charge in [-0.25, -0.2) is 0 Å². The number of halogens is 2. The second kappa shape index (κ2) is 7.00. The van der Waals surface area contributed by atoms with Crippen LogP contribution in [0.25, 0.3) is 0 Å². The lowest BCUT2D eigenvalue weighted by Crippen LogP contribution is -2.06. The third-order valence-electron chi connectivity index (χ3n) is 2.23. The van der Waals surface area contributed by atoms with Crippen LogP contribution >= 0.6 is 23.2 Å². The zero-order chi connectivity index (χ0) is 12.0. The Morgan fingerprint density at radius 2 is 2.00 bits per heavy atom. The van der Waals surface area contributed by atoms with Crippen LogP contribution in [0.2, 0.25) is 10.0 Å². The van der Waals surface area contributed by atoms with Crippen molar-refractivity contribution >= 4 is 28.9 Å². The first-order chi connectivity index (χ1) is 7.65. The lowest BCUT2D eigenvalue weighted by Gasteiger charge is -2.10. The SMILES string of the molecule is CCOCCCNc1cc(Cl)c(C)cc1Cl. The van der Waals surface area contributed by atoms with Crippen molar-refractivity contribution in [1.29, 1.82) is 0 Å². The molecule has 0 spiro atoms. The number of anilines is 1. The van der Waals surface area contributed by atoms with Crippen molar-refractivity contribution in [3.63, 3.8) is 0 Å². The Balaban J connectivity index is 2.45. The molecule has 0 aliphatic heterocycles. The van der Waals surface area contributed by atoms with Gasteiger partial charge in [0, 0.05) is 24.8 Å². The van der Waals surface area contributed by atoms with Gasteiger partial charge in [0.25, 0.3) is 0 Å². The predicted molar refractivity (Wildman–Crippen MR) is 70.8 cm³/mol. The summed E-state index contributed by atoms with van der Waals surface area (Å²) in [6, 6.07) is 3.73. The molecule has 90 valence electrons. The van der Waals surface area contributed by atoms with E-state index in [1.165, 1.54) is 0 Å². The summed E-state index contributed by atoms with van der Waals surface area (Å²) in [5.74, 6) is 0. The molecule has 0 aromatic heterocycles. The molecular weight excluding hydrogens is 245 g/mol. The summed E-state index contributed by atoms with van der Waals surface area (Å²) in [7, 11) is 0. The van der Waals surface area contributed by atoms with E-state index in [0.29, 0.717) is 5.02 Å². The molecule has 0 amide bonds. The highest BCUT2D eigenvalue weighted by Gasteiger charge is 2.03. The van der Waals surface area contributed by atoms with Crippen LogP contribution in [-0.2, 0) is 4.74 Å². The lowest BCUT2D eigenvalue weighted by molar-refractivity contribution is 0.147. The average Bonchev–Trinajstić information content (AvgIpc) is 2.25. The summed E-state index contributed by atoms with van der Waals surface area (Å²) in [5.41, 5.74) is 1.88. The first kappa shape index (κ1) is 13.6. The number of hydrogen-bond donors (Lipinski definition) is 1. The fourth-order valence-corrected chi connectivity index (χ4v) is 1.77. The van der Waals surface area contributed by atoms with Crippen LogP contribution in [0.15, 0.2) is 12.1 Å². The van der Waals surface area contributed by atoms with Crippen LogP contribution in [0.3, 0.4) is 0 Å². The summed E-state index contributed by atoms with van der Waals surface area (Å²) in [5, 5.41) is 4.68. The van der Waals surface area contributed by atoms with E-state index in [1.54, 1.807) is 0 Å². The highest BCUT2D eigenvalue weighted by Crippen LogP contribution is 2.28. The summed E-state index contributed by atoms with van der Waals surface area (Å²) in [6.45, 7) is 6.29. The van der Waals surface area contributed by atoms with Gasteiger partial charge in [-0.15, -0.1) is 0 Å². The third-order valence-corrected chi connectivity index (χ3v) is 2.95. The van der Waals surface area contributed by atoms with E-state index in [4.69, 9.17) is 27.9 Å². The average molecular weight is 262 g/mol. The normalized spacial score (nSPS) is 10.5. The first-order valence-electron chi connectivity index (χ1n) is 5.42. The van der Waals surface area contributed by atoms with E-state index >= 15 is 0 Å². The Hall–Kier alpha value is -0.440. The number of hydrogen-bond acceptors (Lipinski definition) is 2. The van der Waals surface area contributed by atoms with Crippen molar-refractivity contribution in [2.24, 2.45) is 0 Å². The predicted octanol–water partition coefficient (Wildman–Crippen LogP) is 4.14. The van der Waals surface area contributed by atoms with Gasteiger partial charge in [-0.1, -0.05) is 23.2 Å². The number of benzene rings is 1. The maximum Gasteiger partial charge on any atom is 0.0641 e. The second-order valence-corrected chi connectivity index (χ2v) is 4.37. The number of aryl methyl sites for hydroxylation is 1. The molecule has 0 heterocycles. The topological polar surface area (TPSA) is 21.3 Å².